The van der Waals surface area contributed by atoms with Gasteiger partial charge in [0.2, 0.25) is 10.0 Å². The van der Waals surface area contributed by atoms with Crippen molar-refractivity contribution in [2.75, 3.05) is 26.3 Å². The van der Waals surface area contributed by atoms with Crippen molar-refractivity contribution in [1.82, 2.24) is 4.31 Å². The molecule has 23 heavy (non-hydrogen) atoms. The molecule has 128 valence electrons. The molecule has 0 aliphatic heterocycles. The molecule has 0 aromatic heterocycles. The predicted octanol–water partition coefficient (Wildman–Crippen LogP) is 1.44. The normalized spacial score (nSPS) is 11.3. The Labute approximate surface area is 136 Å². The maximum atomic E-state index is 12.5. The van der Waals surface area contributed by atoms with Crippen molar-refractivity contribution in [3.8, 4) is 0 Å². The SMILES string of the molecule is CCOC(=O)CN(CC)S(=O)(=O)c1ccc(C(=O)OCC)cc1. The maximum Gasteiger partial charge on any atom is 0.338 e. The highest BCUT2D eigenvalue weighted by atomic mass is 32.2. The molecule has 0 unspecified atom stereocenters. The molecule has 1 rings (SSSR count). The van der Waals surface area contributed by atoms with E-state index in [0.717, 1.165) is 4.31 Å². The highest BCUT2D eigenvalue weighted by Crippen LogP contribution is 2.17. The third kappa shape index (κ3) is 5.04. The smallest absolute Gasteiger partial charge is 0.338 e. The van der Waals surface area contributed by atoms with Crippen LogP contribution in [-0.4, -0.2) is 51.0 Å². The summed E-state index contributed by atoms with van der Waals surface area (Å²) in [5, 5.41) is 0. The van der Waals surface area contributed by atoms with E-state index in [0.29, 0.717) is 0 Å². The van der Waals surface area contributed by atoms with Gasteiger partial charge in [-0.25, -0.2) is 13.2 Å². The number of carbonyl (C=O) groups is 2. The molecule has 0 aliphatic carbocycles. The van der Waals surface area contributed by atoms with E-state index in [2.05, 4.69) is 0 Å². The van der Waals surface area contributed by atoms with E-state index in [4.69, 9.17) is 9.47 Å². The molecule has 0 fully saturated rings. The number of esters is 2. The quantitative estimate of drug-likeness (QED) is 0.664. The van der Waals surface area contributed by atoms with Crippen molar-refractivity contribution in [1.29, 1.82) is 0 Å². The van der Waals surface area contributed by atoms with E-state index >= 15 is 0 Å². The van der Waals surface area contributed by atoms with E-state index in [1.165, 1.54) is 24.3 Å². The van der Waals surface area contributed by atoms with E-state index in [-0.39, 0.29) is 36.8 Å². The van der Waals surface area contributed by atoms with Gasteiger partial charge in [0, 0.05) is 6.54 Å². The van der Waals surface area contributed by atoms with Crippen molar-refractivity contribution < 1.29 is 27.5 Å². The third-order valence-electron chi connectivity index (χ3n) is 2.97. The van der Waals surface area contributed by atoms with Gasteiger partial charge in [-0.15, -0.1) is 0 Å². The summed E-state index contributed by atoms with van der Waals surface area (Å²) in [6.45, 7) is 5.16. The molecule has 0 spiro atoms. The molecule has 0 saturated carbocycles. The zero-order valence-electron chi connectivity index (χ0n) is 13.4. The van der Waals surface area contributed by atoms with Gasteiger partial charge in [0.1, 0.15) is 6.54 Å². The first-order valence-electron chi connectivity index (χ1n) is 7.29. The molecule has 0 heterocycles. The van der Waals surface area contributed by atoms with E-state index in [1.807, 2.05) is 0 Å². The Morgan fingerprint density at radius 1 is 1.00 bits per heavy atom. The Kier molecular flexibility index (Phi) is 7.18. The first-order chi connectivity index (χ1) is 10.9. The Morgan fingerprint density at radius 2 is 1.57 bits per heavy atom. The average molecular weight is 343 g/mol. The summed E-state index contributed by atoms with van der Waals surface area (Å²) < 4.78 is 35.7. The standard InChI is InChI=1S/C15H21NO6S/c1-4-16(11-14(17)21-5-2)23(19,20)13-9-7-12(8-10-13)15(18)22-6-3/h7-10H,4-6,11H2,1-3H3. The van der Waals surface area contributed by atoms with Crippen LogP contribution in [-0.2, 0) is 24.3 Å². The number of ether oxygens (including phenoxy) is 2. The van der Waals surface area contributed by atoms with Crippen LogP contribution in [0.2, 0.25) is 0 Å². The minimum Gasteiger partial charge on any atom is -0.465 e. The lowest BCUT2D eigenvalue weighted by molar-refractivity contribution is -0.143. The van der Waals surface area contributed by atoms with Gasteiger partial charge >= 0.3 is 11.9 Å². The first-order valence-corrected chi connectivity index (χ1v) is 8.73. The molecule has 7 nitrogen and oxygen atoms in total. The molecular weight excluding hydrogens is 322 g/mol. The fraction of sp³-hybridized carbons (Fsp3) is 0.467. The molecule has 1 aromatic rings. The first kappa shape index (κ1) is 19.1. The molecule has 0 radical (unpaired) electrons. The molecular formula is C15H21NO6S. The molecule has 0 saturated heterocycles. The number of sulfonamides is 1. The number of hydrogen-bond donors (Lipinski definition) is 0. The third-order valence-corrected chi connectivity index (χ3v) is 4.90. The summed E-state index contributed by atoms with van der Waals surface area (Å²) in [6.07, 6.45) is 0. The van der Waals surface area contributed by atoms with Crippen LogP contribution < -0.4 is 0 Å². The molecule has 0 aliphatic rings. The maximum absolute atomic E-state index is 12.5. The van der Waals surface area contributed by atoms with Gasteiger partial charge in [-0.2, -0.15) is 4.31 Å². The van der Waals surface area contributed by atoms with Crippen LogP contribution in [0.15, 0.2) is 29.2 Å². The lowest BCUT2D eigenvalue weighted by Gasteiger charge is -2.19. The Hall–Kier alpha value is -1.93. The van der Waals surface area contributed by atoms with Crippen molar-refractivity contribution >= 4 is 22.0 Å². The number of carbonyl (C=O) groups excluding carboxylic acids is 2. The summed E-state index contributed by atoms with van der Waals surface area (Å²) in [4.78, 5) is 23.1. The number of hydrogen-bond acceptors (Lipinski definition) is 6. The molecule has 0 atom stereocenters. The van der Waals surface area contributed by atoms with E-state index in [1.54, 1.807) is 20.8 Å². The summed E-state index contributed by atoms with van der Waals surface area (Å²) in [6, 6.07) is 5.39. The Balaban J connectivity index is 2.97. The van der Waals surface area contributed by atoms with Gasteiger partial charge in [0.25, 0.3) is 0 Å². The molecule has 0 amide bonds. The second kappa shape index (κ2) is 8.64. The number of benzene rings is 1. The van der Waals surface area contributed by atoms with Crippen molar-refractivity contribution in [2.24, 2.45) is 0 Å². The molecule has 0 bridgehead atoms. The van der Waals surface area contributed by atoms with Crippen LogP contribution >= 0.6 is 0 Å². The number of rotatable bonds is 8. The average Bonchev–Trinajstić information content (AvgIpc) is 2.53. The second-order valence-electron chi connectivity index (χ2n) is 4.48. The fourth-order valence-electron chi connectivity index (χ4n) is 1.84. The molecule has 1 aromatic carbocycles. The lowest BCUT2D eigenvalue weighted by Crippen LogP contribution is -2.36. The predicted molar refractivity (Wildman–Crippen MR) is 83.5 cm³/mol. The van der Waals surface area contributed by atoms with Gasteiger partial charge in [-0.1, -0.05) is 6.92 Å². The highest BCUT2D eigenvalue weighted by molar-refractivity contribution is 7.89. The zero-order chi connectivity index (χ0) is 17.5. The van der Waals surface area contributed by atoms with Crippen molar-refractivity contribution in [3.05, 3.63) is 29.8 Å². The lowest BCUT2D eigenvalue weighted by atomic mass is 10.2. The number of likely N-dealkylation sites (N-methyl/N-ethyl adjacent to an activating group) is 1. The minimum absolute atomic E-state index is 0.00306. The van der Waals surface area contributed by atoms with Gasteiger partial charge in [0.15, 0.2) is 0 Å². The van der Waals surface area contributed by atoms with Gasteiger partial charge in [0.05, 0.1) is 23.7 Å². The van der Waals surface area contributed by atoms with Crippen LogP contribution in [0.4, 0.5) is 0 Å². The van der Waals surface area contributed by atoms with Crippen LogP contribution in [0.5, 0.6) is 0 Å². The van der Waals surface area contributed by atoms with E-state index in [9.17, 15) is 18.0 Å². The highest BCUT2D eigenvalue weighted by Gasteiger charge is 2.26. The zero-order valence-corrected chi connectivity index (χ0v) is 14.3. The minimum atomic E-state index is -3.84. The topological polar surface area (TPSA) is 90.0 Å². The summed E-state index contributed by atoms with van der Waals surface area (Å²) in [7, 11) is -3.84. The summed E-state index contributed by atoms with van der Waals surface area (Å²) in [5.74, 6) is -1.13. The van der Waals surface area contributed by atoms with Crippen LogP contribution in [0.1, 0.15) is 31.1 Å². The Morgan fingerprint density at radius 3 is 2.04 bits per heavy atom. The molecule has 0 N–H and O–H groups in total. The Bertz CT molecular complexity index is 638. The summed E-state index contributed by atoms with van der Waals surface area (Å²) in [5.41, 5.74) is 0.263. The van der Waals surface area contributed by atoms with Crippen molar-refractivity contribution in [2.45, 2.75) is 25.7 Å². The van der Waals surface area contributed by atoms with Crippen LogP contribution in [0.25, 0.3) is 0 Å². The monoisotopic (exact) mass is 343 g/mol. The fourth-order valence-corrected chi connectivity index (χ4v) is 3.24. The van der Waals surface area contributed by atoms with Crippen molar-refractivity contribution in [3.63, 3.8) is 0 Å². The largest absolute Gasteiger partial charge is 0.465 e. The van der Waals surface area contributed by atoms with Gasteiger partial charge in [-0.05, 0) is 38.1 Å². The second-order valence-corrected chi connectivity index (χ2v) is 6.42. The summed E-state index contributed by atoms with van der Waals surface area (Å²) >= 11 is 0. The van der Waals surface area contributed by atoms with Crippen LogP contribution in [0.3, 0.4) is 0 Å². The van der Waals surface area contributed by atoms with Gasteiger partial charge in [-0.3, -0.25) is 4.79 Å². The number of nitrogens with zero attached hydrogens (tertiary/aromatic N) is 1. The van der Waals surface area contributed by atoms with Crippen LogP contribution in [0, 0.1) is 0 Å². The molecule has 8 heteroatoms. The van der Waals surface area contributed by atoms with E-state index < -0.39 is 22.0 Å². The van der Waals surface area contributed by atoms with Gasteiger partial charge < -0.3 is 9.47 Å².